The Hall–Kier alpha value is -0.830. The van der Waals surface area contributed by atoms with Crippen molar-refractivity contribution in [3.05, 3.63) is 12.7 Å². The fourth-order valence-electron chi connectivity index (χ4n) is 2.11. The summed E-state index contributed by atoms with van der Waals surface area (Å²) in [7, 11) is 0. The predicted molar refractivity (Wildman–Crippen MR) is 55.4 cm³/mol. The van der Waals surface area contributed by atoms with Crippen LogP contribution >= 0.6 is 0 Å². The summed E-state index contributed by atoms with van der Waals surface area (Å²) in [6.45, 7) is 11.5. The minimum Gasteiger partial charge on any atom is -0.370 e. The van der Waals surface area contributed by atoms with Gasteiger partial charge in [-0.1, -0.05) is 27.4 Å². The van der Waals surface area contributed by atoms with Gasteiger partial charge >= 0.3 is 0 Å². The zero-order valence-corrected chi connectivity index (χ0v) is 9.29. The number of hydrogen-bond acceptors (Lipinski definition) is 2. The van der Waals surface area contributed by atoms with E-state index in [0.29, 0.717) is 5.92 Å². The Morgan fingerprint density at radius 2 is 2.00 bits per heavy atom. The van der Waals surface area contributed by atoms with Crippen LogP contribution < -0.4 is 5.32 Å². The molecule has 80 valence electrons. The molecule has 0 radical (unpaired) electrons. The van der Waals surface area contributed by atoms with E-state index in [9.17, 15) is 9.90 Å². The highest BCUT2D eigenvalue weighted by Crippen LogP contribution is 2.68. The highest BCUT2D eigenvalue weighted by Gasteiger charge is 2.69. The Morgan fingerprint density at radius 3 is 2.29 bits per heavy atom. The number of aliphatic hydroxyl groups excluding tert-OH is 1. The largest absolute Gasteiger partial charge is 0.370 e. The molecule has 0 aromatic rings. The summed E-state index contributed by atoms with van der Waals surface area (Å²) < 4.78 is 0. The number of amides is 1. The highest BCUT2D eigenvalue weighted by molar-refractivity contribution is 5.87. The monoisotopic (exact) mass is 197 g/mol. The van der Waals surface area contributed by atoms with Gasteiger partial charge in [-0.15, -0.1) is 0 Å². The second-order valence-corrected chi connectivity index (χ2v) is 4.80. The summed E-state index contributed by atoms with van der Waals surface area (Å²) in [6, 6.07) is 0. The van der Waals surface area contributed by atoms with Crippen LogP contribution in [0.25, 0.3) is 0 Å². The van der Waals surface area contributed by atoms with Gasteiger partial charge in [-0.3, -0.25) is 4.79 Å². The molecule has 0 aromatic heterocycles. The standard InChI is InChI=1S/C11H19NO2/c1-6-8(13)12-9(14)11(5)7(2)10(11,3)4/h6-8,13H,1H2,2-5H3,(H,12,14). The Morgan fingerprint density at radius 1 is 1.57 bits per heavy atom. The topological polar surface area (TPSA) is 49.3 Å². The van der Waals surface area contributed by atoms with Crippen LogP contribution in [0.15, 0.2) is 12.7 Å². The molecule has 1 amide bonds. The fourth-order valence-corrected chi connectivity index (χ4v) is 2.11. The highest BCUT2D eigenvalue weighted by atomic mass is 16.3. The summed E-state index contributed by atoms with van der Waals surface area (Å²) in [6.07, 6.45) is 0.365. The number of nitrogens with one attached hydrogen (secondary N) is 1. The van der Waals surface area contributed by atoms with Gasteiger partial charge in [0.1, 0.15) is 6.23 Å². The third kappa shape index (κ3) is 1.27. The first-order valence-electron chi connectivity index (χ1n) is 4.90. The van der Waals surface area contributed by atoms with Crippen molar-refractivity contribution in [3.63, 3.8) is 0 Å². The molecule has 0 bridgehead atoms. The van der Waals surface area contributed by atoms with E-state index in [2.05, 4.69) is 32.7 Å². The minimum absolute atomic E-state index is 0.0119. The summed E-state index contributed by atoms with van der Waals surface area (Å²) in [4.78, 5) is 11.8. The van der Waals surface area contributed by atoms with E-state index >= 15 is 0 Å². The van der Waals surface area contributed by atoms with E-state index in [1.807, 2.05) is 6.92 Å². The van der Waals surface area contributed by atoms with Crippen molar-refractivity contribution >= 4 is 5.91 Å². The SMILES string of the molecule is C=CC(O)NC(=O)C1(C)C(C)C1(C)C. The summed E-state index contributed by atoms with van der Waals surface area (Å²) in [5.74, 6) is 0.245. The lowest BCUT2D eigenvalue weighted by Crippen LogP contribution is -2.39. The molecule has 0 aromatic carbocycles. The van der Waals surface area contributed by atoms with Crippen molar-refractivity contribution in [3.8, 4) is 0 Å². The van der Waals surface area contributed by atoms with Gasteiger partial charge in [-0.2, -0.15) is 0 Å². The van der Waals surface area contributed by atoms with Crippen LogP contribution in [-0.2, 0) is 4.79 Å². The molecule has 0 saturated heterocycles. The van der Waals surface area contributed by atoms with E-state index in [0.717, 1.165) is 0 Å². The number of aliphatic hydroxyl groups is 1. The van der Waals surface area contributed by atoms with Crippen molar-refractivity contribution in [1.82, 2.24) is 5.32 Å². The van der Waals surface area contributed by atoms with E-state index in [-0.39, 0.29) is 16.7 Å². The van der Waals surface area contributed by atoms with Gasteiger partial charge in [0.05, 0.1) is 5.41 Å². The van der Waals surface area contributed by atoms with Crippen LogP contribution in [0.4, 0.5) is 0 Å². The molecule has 3 unspecified atom stereocenters. The van der Waals surface area contributed by atoms with Crippen molar-refractivity contribution < 1.29 is 9.90 Å². The van der Waals surface area contributed by atoms with E-state index in [4.69, 9.17) is 0 Å². The van der Waals surface area contributed by atoms with Crippen LogP contribution in [0.5, 0.6) is 0 Å². The molecule has 0 heterocycles. The smallest absolute Gasteiger partial charge is 0.229 e. The molecule has 3 atom stereocenters. The quantitative estimate of drug-likeness (QED) is 0.529. The molecule has 14 heavy (non-hydrogen) atoms. The minimum atomic E-state index is -0.942. The number of rotatable bonds is 3. The lowest BCUT2D eigenvalue weighted by Gasteiger charge is -2.16. The average Bonchev–Trinajstić information content (AvgIpc) is 2.51. The molecular formula is C11H19NO2. The molecule has 3 nitrogen and oxygen atoms in total. The zero-order chi connectivity index (χ0) is 11.1. The second-order valence-electron chi connectivity index (χ2n) is 4.80. The number of hydrogen-bond donors (Lipinski definition) is 2. The molecule has 0 spiro atoms. The van der Waals surface area contributed by atoms with Gasteiger partial charge in [-0.05, 0) is 24.3 Å². The van der Waals surface area contributed by atoms with Crippen molar-refractivity contribution in [1.29, 1.82) is 0 Å². The van der Waals surface area contributed by atoms with E-state index in [1.54, 1.807) is 0 Å². The van der Waals surface area contributed by atoms with Crippen LogP contribution in [0, 0.1) is 16.7 Å². The van der Waals surface area contributed by atoms with Crippen LogP contribution in [0.3, 0.4) is 0 Å². The van der Waals surface area contributed by atoms with Gasteiger partial charge in [0.2, 0.25) is 5.91 Å². The predicted octanol–water partition coefficient (Wildman–Crippen LogP) is 1.29. The third-order valence-electron chi connectivity index (χ3n) is 4.18. The summed E-state index contributed by atoms with van der Waals surface area (Å²) in [5.41, 5.74) is -0.352. The lowest BCUT2D eigenvalue weighted by molar-refractivity contribution is -0.129. The zero-order valence-electron chi connectivity index (χ0n) is 9.29. The maximum atomic E-state index is 11.8. The van der Waals surface area contributed by atoms with Crippen molar-refractivity contribution in [2.75, 3.05) is 0 Å². The Labute approximate surface area is 85.2 Å². The van der Waals surface area contributed by atoms with Crippen molar-refractivity contribution in [2.45, 2.75) is 33.9 Å². The molecule has 0 aliphatic heterocycles. The average molecular weight is 197 g/mol. The third-order valence-corrected chi connectivity index (χ3v) is 4.18. The van der Waals surface area contributed by atoms with Crippen LogP contribution in [0.1, 0.15) is 27.7 Å². The lowest BCUT2D eigenvalue weighted by atomic mass is 9.97. The van der Waals surface area contributed by atoms with Gasteiger partial charge in [-0.25, -0.2) is 0 Å². The van der Waals surface area contributed by atoms with Gasteiger partial charge in [0.15, 0.2) is 0 Å². The molecule has 1 aliphatic rings. The Kier molecular flexibility index (Phi) is 2.48. The molecule has 2 N–H and O–H groups in total. The van der Waals surface area contributed by atoms with Gasteiger partial charge in [0, 0.05) is 0 Å². The van der Waals surface area contributed by atoms with Crippen LogP contribution in [-0.4, -0.2) is 17.2 Å². The summed E-state index contributed by atoms with van der Waals surface area (Å²) in [5, 5.41) is 11.7. The van der Waals surface area contributed by atoms with Gasteiger partial charge in [0.25, 0.3) is 0 Å². The molecule has 3 heteroatoms. The second kappa shape index (κ2) is 3.09. The Balaban J connectivity index is 2.68. The molecule has 1 aliphatic carbocycles. The fraction of sp³-hybridized carbons (Fsp3) is 0.727. The van der Waals surface area contributed by atoms with E-state index < -0.39 is 6.23 Å². The normalized spacial score (nSPS) is 35.9. The first kappa shape index (κ1) is 11.2. The Bertz CT molecular complexity index is 272. The summed E-state index contributed by atoms with van der Waals surface area (Å²) >= 11 is 0. The maximum Gasteiger partial charge on any atom is 0.229 e. The van der Waals surface area contributed by atoms with Gasteiger partial charge < -0.3 is 10.4 Å². The number of carbonyl (C=O) groups excluding carboxylic acids is 1. The number of carbonyl (C=O) groups is 1. The molecule has 1 fully saturated rings. The molecule has 1 saturated carbocycles. The van der Waals surface area contributed by atoms with Crippen LogP contribution in [0.2, 0.25) is 0 Å². The first-order chi connectivity index (χ1) is 6.28. The molecule has 1 rings (SSSR count). The maximum absolute atomic E-state index is 11.8. The van der Waals surface area contributed by atoms with Crippen molar-refractivity contribution in [2.24, 2.45) is 16.7 Å². The van der Waals surface area contributed by atoms with E-state index in [1.165, 1.54) is 6.08 Å². The first-order valence-corrected chi connectivity index (χ1v) is 4.90. The molecular weight excluding hydrogens is 178 g/mol.